The summed E-state index contributed by atoms with van der Waals surface area (Å²) in [6.45, 7) is 3.90. The van der Waals surface area contributed by atoms with Gasteiger partial charge in [-0.3, -0.25) is 9.59 Å². The van der Waals surface area contributed by atoms with Crippen molar-refractivity contribution in [3.8, 4) is 11.5 Å². The number of ether oxygens (including phenoxy) is 2. The lowest BCUT2D eigenvalue weighted by Crippen LogP contribution is -2.11. The third-order valence-electron chi connectivity index (χ3n) is 3.32. The summed E-state index contributed by atoms with van der Waals surface area (Å²) in [6.07, 6.45) is 7.40. The molecular formula is C18H26O4. The molecule has 122 valence electrons. The van der Waals surface area contributed by atoms with Crippen molar-refractivity contribution in [2.24, 2.45) is 0 Å². The molecule has 0 aliphatic rings. The maximum absolute atomic E-state index is 11.8. The van der Waals surface area contributed by atoms with Gasteiger partial charge in [-0.15, -0.1) is 0 Å². The molecule has 1 aromatic carbocycles. The maximum Gasteiger partial charge on any atom is 0.311 e. The molecule has 0 aromatic heterocycles. The average Bonchev–Trinajstić information content (AvgIpc) is 2.52. The lowest BCUT2D eigenvalue weighted by atomic mass is 10.1. The summed E-state index contributed by atoms with van der Waals surface area (Å²) < 4.78 is 10.5. The normalized spacial score (nSPS) is 10.3. The summed E-state index contributed by atoms with van der Waals surface area (Å²) >= 11 is 0. The number of esters is 2. The van der Waals surface area contributed by atoms with E-state index in [-0.39, 0.29) is 18.4 Å². The molecule has 0 bridgehead atoms. The standard InChI is InChI=1S/C18H26O4/c1-3-5-6-7-8-9-14-18(20)22-16-13-11-10-12-15(16)21-17(19)4-2/h10-13H,3-9,14H2,1-2H3. The first-order valence-corrected chi connectivity index (χ1v) is 8.17. The van der Waals surface area contributed by atoms with Gasteiger partial charge in [-0.05, 0) is 18.6 Å². The van der Waals surface area contributed by atoms with Crippen molar-refractivity contribution < 1.29 is 19.1 Å². The first kappa shape index (κ1) is 18.2. The van der Waals surface area contributed by atoms with Crippen LogP contribution in [0.1, 0.15) is 65.2 Å². The van der Waals surface area contributed by atoms with Crippen LogP contribution in [0.3, 0.4) is 0 Å². The third-order valence-corrected chi connectivity index (χ3v) is 3.32. The van der Waals surface area contributed by atoms with E-state index in [2.05, 4.69) is 6.92 Å². The minimum Gasteiger partial charge on any atom is -0.423 e. The molecule has 0 saturated heterocycles. The van der Waals surface area contributed by atoms with Crippen molar-refractivity contribution in [3.05, 3.63) is 24.3 Å². The minimum absolute atomic E-state index is 0.278. The van der Waals surface area contributed by atoms with E-state index in [1.807, 2.05) is 0 Å². The quantitative estimate of drug-likeness (QED) is 0.358. The van der Waals surface area contributed by atoms with E-state index in [0.29, 0.717) is 17.9 Å². The van der Waals surface area contributed by atoms with Crippen LogP contribution in [0.5, 0.6) is 11.5 Å². The van der Waals surface area contributed by atoms with Crippen molar-refractivity contribution in [1.82, 2.24) is 0 Å². The summed E-state index contributed by atoms with van der Waals surface area (Å²) in [5.74, 6) is -0.0270. The Bertz CT molecular complexity index is 468. The largest absolute Gasteiger partial charge is 0.423 e. The van der Waals surface area contributed by atoms with Gasteiger partial charge in [-0.2, -0.15) is 0 Å². The first-order valence-electron chi connectivity index (χ1n) is 8.17. The molecule has 0 aliphatic carbocycles. The van der Waals surface area contributed by atoms with Crippen LogP contribution in [0.4, 0.5) is 0 Å². The highest BCUT2D eigenvalue weighted by Crippen LogP contribution is 2.27. The van der Waals surface area contributed by atoms with Crippen LogP contribution in [-0.4, -0.2) is 11.9 Å². The summed E-state index contributed by atoms with van der Waals surface area (Å²) in [4.78, 5) is 23.2. The molecule has 0 N–H and O–H groups in total. The van der Waals surface area contributed by atoms with Gasteiger partial charge >= 0.3 is 11.9 Å². The van der Waals surface area contributed by atoms with Crippen molar-refractivity contribution >= 4 is 11.9 Å². The monoisotopic (exact) mass is 306 g/mol. The molecular weight excluding hydrogens is 280 g/mol. The number of rotatable bonds is 10. The number of unbranched alkanes of at least 4 members (excludes halogenated alkanes) is 5. The fraction of sp³-hybridized carbons (Fsp3) is 0.556. The van der Waals surface area contributed by atoms with Gasteiger partial charge in [-0.25, -0.2) is 0 Å². The summed E-state index contributed by atoms with van der Waals surface area (Å²) in [5, 5.41) is 0. The minimum atomic E-state index is -0.348. The number of carbonyl (C=O) groups is 2. The van der Waals surface area contributed by atoms with E-state index in [1.54, 1.807) is 31.2 Å². The Kier molecular flexibility index (Phi) is 8.96. The van der Waals surface area contributed by atoms with Gasteiger partial charge in [0.05, 0.1) is 0 Å². The molecule has 0 radical (unpaired) electrons. The molecule has 0 atom stereocenters. The van der Waals surface area contributed by atoms with E-state index >= 15 is 0 Å². The lowest BCUT2D eigenvalue weighted by molar-refractivity contribution is -0.137. The van der Waals surface area contributed by atoms with Crippen LogP contribution in [0.2, 0.25) is 0 Å². The zero-order valence-corrected chi connectivity index (χ0v) is 13.6. The van der Waals surface area contributed by atoms with E-state index < -0.39 is 0 Å². The zero-order valence-electron chi connectivity index (χ0n) is 13.6. The van der Waals surface area contributed by atoms with E-state index in [0.717, 1.165) is 19.3 Å². The third kappa shape index (κ3) is 7.25. The van der Waals surface area contributed by atoms with Crippen molar-refractivity contribution in [2.75, 3.05) is 0 Å². The Balaban J connectivity index is 2.39. The van der Waals surface area contributed by atoms with Crippen LogP contribution in [-0.2, 0) is 9.59 Å². The Hall–Kier alpha value is -1.84. The van der Waals surface area contributed by atoms with Crippen molar-refractivity contribution in [3.63, 3.8) is 0 Å². The predicted molar refractivity (Wildman–Crippen MR) is 86.0 cm³/mol. The molecule has 4 nitrogen and oxygen atoms in total. The van der Waals surface area contributed by atoms with Crippen LogP contribution in [0.25, 0.3) is 0 Å². The van der Waals surface area contributed by atoms with E-state index in [1.165, 1.54) is 19.3 Å². The molecule has 0 aliphatic heterocycles. The first-order chi connectivity index (χ1) is 10.7. The molecule has 0 spiro atoms. The molecule has 22 heavy (non-hydrogen) atoms. The highest BCUT2D eigenvalue weighted by Gasteiger charge is 2.12. The second-order valence-corrected chi connectivity index (χ2v) is 5.27. The highest BCUT2D eigenvalue weighted by atomic mass is 16.6. The second-order valence-electron chi connectivity index (χ2n) is 5.27. The topological polar surface area (TPSA) is 52.6 Å². The van der Waals surface area contributed by atoms with Gasteiger partial charge in [0.15, 0.2) is 11.5 Å². The number of carbonyl (C=O) groups excluding carboxylic acids is 2. The van der Waals surface area contributed by atoms with Crippen LogP contribution in [0.15, 0.2) is 24.3 Å². The van der Waals surface area contributed by atoms with Gasteiger partial charge in [0.25, 0.3) is 0 Å². The van der Waals surface area contributed by atoms with Crippen LogP contribution < -0.4 is 9.47 Å². The molecule has 0 fully saturated rings. The van der Waals surface area contributed by atoms with Crippen molar-refractivity contribution in [1.29, 1.82) is 0 Å². The second kappa shape index (κ2) is 10.8. The molecule has 0 amide bonds. The van der Waals surface area contributed by atoms with E-state index in [4.69, 9.17) is 9.47 Å². The van der Waals surface area contributed by atoms with Gasteiger partial charge in [0.2, 0.25) is 0 Å². The van der Waals surface area contributed by atoms with Gasteiger partial charge < -0.3 is 9.47 Å². The smallest absolute Gasteiger partial charge is 0.311 e. The van der Waals surface area contributed by atoms with E-state index in [9.17, 15) is 9.59 Å². The molecule has 0 unspecified atom stereocenters. The molecule has 1 aromatic rings. The Morgan fingerprint density at radius 2 is 1.36 bits per heavy atom. The summed E-state index contributed by atoms with van der Waals surface area (Å²) in [6, 6.07) is 6.75. The molecule has 4 heteroatoms. The summed E-state index contributed by atoms with van der Waals surface area (Å²) in [5.41, 5.74) is 0. The number of benzene rings is 1. The SMILES string of the molecule is CCCCCCCCC(=O)Oc1ccccc1OC(=O)CC. The Morgan fingerprint density at radius 1 is 0.818 bits per heavy atom. The fourth-order valence-electron chi connectivity index (χ4n) is 2.04. The fourth-order valence-corrected chi connectivity index (χ4v) is 2.04. The number of hydrogen-bond acceptors (Lipinski definition) is 4. The van der Waals surface area contributed by atoms with Gasteiger partial charge in [0, 0.05) is 12.8 Å². The molecule has 0 heterocycles. The summed E-state index contributed by atoms with van der Waals surface area (Å²) in [7, 11) is 0. The van der Waals surface area contributed by atoms with Crippen LogP contribution in [0, 0.1) is 0 Å². The highest BCUT2D eigenvalue weighted by molar-refractivity contribution is 5.75. The van der Waals surface area contributed by atoms with Gasteiger partial charge in [-0.1, -0.05) is 58.1 Å². The number of para-hydroxylation sites is 2. The number of hydrogen-bond donors (Lipinski definition) is 0. The van der Waals surface area contributed by atoms with Gasteiger partial charge in [0.1, 0.15) is 0 Å². The maximum atomic E-state index is 11.8. The molecule has 0 saturated carbocycles. The predicted octanol–water partition coefficient (Wildman–Crippen LogP) is 4.66. The Labute approximate surface area is 132 Å². The Morgan fingerprint density at radius 3 is 1.95 bits per heavy atom. The molecule has 1 rings (SSSR count). The average molecular weight is 306 g/mol. The lowest BCUT2D eigenvalue weighted by Gasteiger charge is -2.09. The zero-order chi connectivity index (χ0) is 16.2. The van der Waals surface area contributed by atoms with Crippen molar-refractivity contribution in [2.45, 2.75) is 65.2 Å². The van der Waals surface area contributed by atoms with Crippen LogP contribution >= 0.6 is 0 Å².